The van der Waals surface area contributed by atoms with Crippen LogP contribution in [0.2, 0.25) is 0 Å². The average molecular weight is 356 g/mol. The molecule has 0 fully saturated rings. The van der Waals surface area contributed by atoms with Crippen molar-refractivity contribution in [3.05, 3.63) is 0 Å². The molecule has 0 atom stereocenters. The second-order valence-corrected chi connectivity index (χ2v) is 3.82. The van der Waals surface area contributed by atoms with Gasteiger partial charge in [0.25, 0.3) is 0 Å². The van der Waals surface area contributed by atoms with Crippen molar-refractivity contribution in [3.63, 3.8) is 0 Å². The number of rotatable bonds is 6. The van der Waals surface area contributed by atoms with Crippen LogP contribution in [0.3, 0.4) is 0 Å². The zero-order valence-electron chi connectivity index (χ0n) is 11.2. The van der Waals surface area contributed by atoms with E-state index in [9.17, 15) is 4.79 Å². The molecule has 17 heavy (non-hydrogen) atoms. The van der Waals surface area contributed by atoms with Crippen molar-refractivity contribution >= 4 is 35.8 Å². The van der Waals surface area contributed by atoms with Gasteiger partial charge in [-0.2, -0.15) is 0 Å². The van der Waals surface area contributed by atoms with Crippen LogP contribution in [0.5, 0.6) is 0 Å². The standard InChI is InChI=1S/C11H24N4O.HI/c1-5-6-8-13-11(12-2)14-9-7-10(16)15(3)4;/h5-9H2,1-4H3,(H2,12,13,14);1H. The number of carbonyl (C=O) groups is 1. The molecule has 5 nitrogen and oxygen atoms in total. The summed E-state index contributed by atoms with van der Waals surface area (Å²) in [6, 6.07) is 0. The third-order valence-corrected chi connectivity index (χ3v) is 2.18. The highest BCUT2D eigenvalue weighted by Gasteiger charge is 2.03. The molecule has 0 unspecified atom stereocenters. The maximum absolute atomic E-state index is 11.3. The summed E-state index contributed by atoms with van der Waals surface area (Å²) in [5.41, 5.74) is 0. The van der Waals surface area contributed by atoms with Gasteiger partial charge in [0.2, 0.25) is 5.91 Å². The summed E-state index contributed by atoms with van der Waals surface area (Å²) in [5, 5.41) is 6.29. The molecule has 0 aliphatic rings. The lowest BCUT2D eigenvalue weighted by Crippen LogP contribution is -2.39. The molecular weight excluding hydrogens is 331 g/mol. The van der Waals surface area contributed by atoms with Crippen molar-refractivity contribution in [1.82, 2.24) is 15.5 Å². The summed E-state index contributed by atoms with van der Waals surface area (Å²) in [4.78, 5) is 17.0. The SMILES string of the molecule is CCCCNC(=NC)NCCC(=O)N(C)C.I. The van der Waals surface area contributed by atoms with Crippen molar-refractivity contribution in [2.24, 2.45) is 4.99 Å². The van der Waals surface area contributed by atoms with Crippen LogP contribution in [0.4, 0.5) is 0 Å². The molecule has 0 rings (SSSR count). The minimum atomic E-state index is 0. The zero-order valence-corrected chi connectivity index (χ0v) is 13.6. The van der Waals surface area contributed by atoms with Gasteiger partial charge in [-0.25, -0.2) is 0 Å². The predicted molar refractivity (Wildman–Crippen MR) is 83.0 cm³/mol. The van der Waals surface area contributed by atoms with E-state index in [1.807, 2.05) is 0 Å². The monoisotopic (exact) mass is 356 g/mol. The van der Waals surface area contributed by atoms with E-state index in [-0.39, 0.29) is 29.9 Å². The highest BCUT2D eigenvalue weighted by Crippen LogP contribution is 1.86. The summed E-state index contributed by atoms with van der Waals surface area (Å²) < 4.78 is 0. The van der Waals surface area contributed by atoms with Gasteiger partial charge < -0.3 is 15.5 Å². The molecule has 6 heteroatoms. The average Bonchev–Trinajstić information content (AvgIpc) is 2.26. The van der Waals surface area contributed by atoms with Crippen LogP contribution in [0.15, 0.2) is 4.99 Å². The number of hydrogen-bond donors (Lipinski definition) is 2. The molecule has 0 aliphatic carbocycles. The molecular formula is C11H25IN4O. The molecule has 0 radical (unpaired) electrons. The quantitative estimate of drug-likeness (QED) is 0.324. The number of amides is 1. The van der Waals surface area contributed by atoms with E-state index in [0.29, 0.717) is 13.0 Å². The van der Waals surface area contributed by atoms with Crippen LogP contribution in [0, 0.1) is 0 Å². The summed E-state index contributed by atoms with van der Waals surface area (Å²) in [5.74, 6) is 0.886. The summed E-state index contributed by atoms with van der Waals surface area (Å²) in [6.07, 6.45) is 2.77. The minimum absolute atomic E-state index is 0. The fourth-order valence-electron chi connectivity index (χ4n) is 1.12. The molecule has 102 valence electrons. The Balaban J connectivity index is 0. The van der Waals surface area contributed by atoms with Crippen molar-refractivity contribution < 1.29 is 4.79 Å². The van der Waals surface area contributed by atoms with Gasteiger partial charge in [-0.15, -0.1) is 24.0 Å². The Morgan fingerprint density at radius 1 is 1.24 bits per heavy atom. The smallest absolute Gasteiger partial charge is 0.223 e. The summed E-state index contributed by atoms with van der Waals surface area (Å²) in [7, 11) is 5.25. The number of aliphatic imine (C=N–C) groups is 1. The highest BCUT2D eigenvalue weighted by atomic mass is 127. The molecule has 1 amide bonds. The fraction of sp³-hybridized carbons (Fsp3) is 0.818. The first kappa shape index (κ1) is 18.8. The fourth-order valence-corrected chi connectivity index (χ4v) is 1.12. The van der Waals surface area contributed by atoms with Gasteiger partial charge in [-0.05, 0) is 6.42 Å². The van der Waals surface area contributed by atoms with Gasteiger partial charge in [0.15, 0.2) is 5.96 Å². The Hall–Kier alpha value is -0.530. The molecule has 0 bridgehead atoms. The van der Waals surface area contributed by atoms with E-state index < -0.39 is 0 Å². The molecule has 0 heterocycles. The first-order valence-corrected chi connectivity index (χ1v) is 5.76. The van der Waals surface area contributed by atoms with Gasteiger partial charge in [-0.1, -0.05) is 13.3 Å². The van der Waals surface area contributed by atoms with E-state index >= 15 is 0 Å². The Labute approximate surface area is 121 Å². The summed E-state index contributed by atoms with van der Waals surface area (Å²) in [6.45, 7) is 3.67. The lowest BCUT2D eigenvalue weighted by atomic mass is 10.3. The number of guanidine groups is 1. The second-order valence-electron chi connectivity index (χ2n) is 3.82. The molecule has 0 saturated heterocycles. The number of nitrogens with one attached hydrogen (secondary N) is 2. The maximum Gasteiger partial charge on any atom is 0.223 e. The first-order chi connectivity index (χ1) is 7.61. The van der Waals surface area contributed by atoms with Gasteiger partial charge in [0.1, 0.15) is 0 Å². The summed E-state index contributed by atoms with van der Waals surface area (Å²) >= 11 is 0. The van der Waals surface area contributed by atoms with Gasteiger partial charge in [0, 0.05) is 40.7 Å². The first-order valence-electron chi connectivity index (χ1n) is 5.76. The van der Waals surface area contributed by atoms with Crippen LogP contribution in [-0.2, 0) is 4.79 Å². The molecule has 0 spiro atoms. The molecule has 0 aromatic rings. The molecule has 0 aliphatic heterocycles. The van der Waals surface area contributed by atoms with Gasteiger partial charge in [0.05, 0.1) is 0 Å². The van der Waals surface area contributed by atoms with Crippen LogP contribution in [-0.4, -0.2) is 51.0 Å². The van der Waals surface area contributed by atoms with Gasteiger partial charge >= 0.3 is 0 Å². The Kier molecular flexibility index (Phi) is 13.2. The molecule has 0 aromatic carbocycles. The Morgan fingerprint density at radius 2 is 1.82 bits per heavy atom. The van der Waals surface area contributed by atoms with Crippen LogP contribution < -0.4 is 10.6 Å². The molecule has 0 aromatic heterocycles. The third kappa shape index (κ3) is 10.3. The normalized spacial score (nSPS) is 10.5. The lowest BCUT2D eigenvalue weighted by molar-refractivity contribution is -0.128. The Bertz CT molecular complexity index is 232. The van der Waals surface area contributed by atoms with Crippen molar-refractivity contribution in [2.45, 2.75) is 26.2 Å². The van der Waals surface area contributed by atoms with Crippen LogP contribution in [0.1, 0.15) is 26.2 Å². The van der Waals surface area contributed by atoms with E-state index in [1.165, 1.54) is 0 Å². The zero-order chi connectivity index (χ0) is 12.4. The van der Waals surface area contributed by atoms with E-state index in [0.717, 1.165) is 25.3 Å². The molecule has 2 N–H and O–H groups in total. The van der Waals surface area contributed by atoms with Gasteiger partial charge in [-0.3, -0.25) is 9.79 Å². The lowest BCUT2D eigenvalue weighted by Gasteiger charge is -2.13. The third-order valence-electron chi connectivity index (χ3n) is 2.18. The highest BCUT2D eigenvalue weighted by molar-refractivity contribution is 14.0. The number of carbonyl (C=O) groups excluding carboxylic acids is 1. The number of unbranched alkanes of at least 4 members (excludes halogenated alkanes) is 1. The second kappa shape index (κ2) is 11.9. The van der Waals surface area contributed by atoms with Crippen molar-refractivity contribution in [2.75, 3.05) is 34.2 Å². The predicted octanol–water partition coefficient (Wildman–Crippen LogP) is 1.05. The Morgan fingerprint density at radius 3 is 2.29 bits per heavy atom. The number of hydrogen-bond acceptors (Lipinski definition) is 2. The topological polar surface area (TPSA) is 56.7 Å². The van der Waals surface area contributed by atoms with E-state index in [4.69, 9.17) is 0 Å². The maximum atomic E-state index is 11.3. The molecule has 0 saturated carbocycles. The minimum Gasteiger partial charge on any atom is -0.356 e. The van der Waals surface area contributed by atoms with Crippen molar-refractivity contribution in [1.29, 1.82) is 0 Å². The largest absolute Gasteiger partial charge is 0.356 e. The van der Waals surface area contributed by atoms with E-state index in [1.54, 1.807) is 26.0 Å². The van der Waals surface area contributed by atoms with Crippen LogP contribution >= 0.6 is 24.0 Å². The number of halogens is 1. The van der Waals surface area contributed by atoms with Crippen LogP contribution in [0.25, 0.3) is 0 Å². The number of nitrogens with zero attached hydrogens (tertiary/aromatic N) is 2. The van der Waals surface area contributed by atoms with E-state index in [2.05, 4.69) is 22.5 Å². The van der Waals surface area contributed by atoms with Crippen molar-refractivity contribution in [3.8, 4) is 0 Å².